The quantitative estimate of drug-likeness (QED) is 0.801. The zero-order valence-corrected chi connectivity index (χ0v) is 8.83. The third kappa shape index (κ3) is 1.82. The SMILES string of the molecule is Cc1csc(C(C)ON)c1Br. The minimum Gasteiger partial charge on any atom is -0.296 e. The van der Waals surface area contributed by atoms with Crippen LogP contribution in [0.3, 0.4) is 0 Å². The Balaban J connectivity index is 2.94. The van der Waals surface area contributed by atoms with Crippen LogP contribution in [0.25, 0.3) is 0 Å². The van der Waals surface area contributed by atoms with Gasteiger partial charge in [0.05, 0.1) is 0 Å². The lowest BCUT2D eigenvalue weighted by molar-refractivity contribution is 0.0684. The fourth-order valence-corrected chi connectivity index (χ4v) is 2.59. The Morgan fingerprint density at radius 2 is 2.36 bits per heavy atom. The van der Waals surface area contributed by atoms with E-state index in [4.69, 9.17) is 10.7 Å². The molecule has 0 aliphatic heterocycles. The Kier molecular flexibility index (Phi) is 3.06. The van der Waals surface area contributed by atoms with Crippen LogP contribution in [0.1, 0.15) is 23.5 Å². The van der Waals surface area contributed by atoms with Crippen LogP contribution in [-0.4, -0.2) is 0 Å². The van der Waals surface area contributed by atoms with E-state index in [0.717, 1.165) is 9.35 Å². The third-order valence-electron chi connectivity index (χ3n) is 1.50. The van der Waals surface area contributed by atoms with Gasteiger partial charge in [0.25, 0.3) is 0 Å². The van der Waals surface area contributed by atoms with E-state index in [1.54, 1.807) is 11.3 Å². The van der Waals surface area contributed by atoms with Crippen LogP contribution in [0.4, 0.5) is 0 Å². The van der Waals surface area contributed by atoms with Gasteiger partial charge in [0.15, 0.2) is 0 Å². The molecule has 0 aliphatic carbocycles. The second kappa shape index (κ2) is 3.67. The smallest absolute Gasteiger partial charge is 0.111 e. The van der Waals surface area contributed by atoms with Crippen LogP contribution >= 0.6 is 27.3 Å². The van der Waals surface area contributed by atoms with E-state index in [9.17, 15) is 0 Å². The summed E-state index contributed by atoms with van der Waals surface area (Å²) in [5.41, 5.74) is 1.23. The second-order valence-corrected chi connectivity index (χ2v) is 4.08. The van der Waals surface area contributed by atoms with E-state index in [0.29, 0.717) is 0 Å². The molecule has 0 amide bonds. The molecule has 1 aromatic rings. The minimum absolute atomic E-state index is 0.0249. The highest BCUT2D eigenvalue weighted by Gasteiger charge is 2.12. The number of rotatable bonds is 2. The van der Waals surface area contributed by atoms with Gasteiger partial charge < -0.3 is 0 Å². The molecule has 0 aromatic carbocycles. The largest absolute Gasteiger partial charge is 0.296 e. The van der Waals surface area contributed by atoms with Crippen molar-refractivity contribution in [2.24, 2.45) is 5.90 Å². The average molecular weight is 236 g/mol. The molecule has 2 nitrogen and oxygen atoms in total. The molecular weight excluding hydrogens is 226 g/mol. The Morgan fingerprint density at radius 1 is 1.73 bits per heavy atom. The molecule has 0 bridgehead atoms. The number of nitrogens with two attached hydrogens (primary N) is 1. The summed E-state index contributed by atoms with van der Waals surface area (Å²) in [4.78, 5) is 5.85. The molecule has 1 unspecified atom stereocenters. The fourth-order valence-electron chi connectivity index (χ4n) is 0.786. The van der Waals surface area contributed by atoms with E-state index in [1.807, 2.05) is 13.8 Å². The van der Waals surface area contributed by atoms with E-state index in [1.165, 1.54) is 5.56 Å². The molecule has 2 N–H and O–H groups in total. The van der Waals surface area contributed by atoms with Gasteiger partial charge in [-0.05, 0) is 40.7 Å². The zero-order valence-electron chi connectivity index (χ0n) is 6.43. The standard InChI is InChI=1S/C7H10BrNOS/c1-4-3-11-7(6(4)8)5(2)10-9/h3,5H,9H2,1-2H3. The van der Waals surface area contributed by atoms with Crippen molar-refractivity contribution in [1.82, 2.24) is 0 Å². The van der Waals surface area contributed by atoms with Crippen molar-refractivity contribution < 1.29 is 4.84 Å². The summed E-state index contributed by atoms with van der Waals surface area (Å²) >= 11 is 5.12. The highest BCUT2D eigenvalue weighted by Crippen LogP contribution is 2.33. The van der Waals surface area contributed by atoms with E-state index in [-0.39, 0.29) is 6.10 Å². The Bertz CT molecular complexity index is 249. The molecule has 1 aromatic heterocycles. The van der Waals surface area contributed by atoms with Gasteiger partial charge >= 0.3 is 0 Å². The third-order valence-corrected chi connectivity index (χ3v) is 4.07. The molecule has 1 atom stereocenters. The second-order valence-electron chi connectivity index (χ2n) is 2.38. The molecule has 0 radical (unpaired) electrons. The molecule has 0 saturated heterocycles. The van der Waals surface area contributed by atoms with Gasteiger partial charge in [-0.15, -0.1) is 11.3 Å². The minimum atomic E-state index is -0.0249. The van der Waals surface area contributed by atoms with E-state index < -0.39 is 0 Å². The van der Waals surface area contributed by atoms with Crippen molar-refractivity contribution in [3.05, 3.63) is 20.3 Å². The van der Waals surface area contributed by atoms with Crippen LogP contribution in [0.15, 0.2) is 9.85 Å². The van der Waals surface area contributed by atoms with Gasteiger partial charge in [0.1, 0.15) is 6.10 Å². The van der Waals surface area contributed by atoms with Crippen LogP contribution in [0.2, 0.25) is 0 Å². The van der Waals surface area contributed by atoms with Crippen LogP contribution in [-0.2, 0) is 4.84 Å². The summed E-state index contributed by atoms with van der Waals surface area (Å²) in [6, 6.07) is 0. The van der Waals surface area contributed by atoms with Gasteiger partial charge in [-0.25, -0.2) is 5.90 Å². The summed E-state index contributed by atoms with van der Waals surface area (Å²) in [7, 11) is 0. The molecule has 0 saturated carbocycles. The van der Waals surface area contributed by atoms with Gasteiger partial charge in [0, 0.05) is 9.35 Å². The molecule has 11 heavy (non-hydrogen) atoms. The van der Waals surface area contributed by atoms with Crippen LogP contribution in [0.5, 0.6) is 0 Å². The number of hydrogen-bond acceptors (Lipinski definition) is 3. The maximum absolute atomic E-state index is 5.07. The molecule has 0 fully saturated rings. The van der Waals surface area contributed by atoms with Crippen LogP contribution in [0, 0.1) is 6.92 Å². The maximum Gasteiger partial charge on any atom is 0.111 e. The van der Waals surface area contributed by atoms with Gasteiger partial charge in [-0.1, -0.05) is 0 Å². The maximum atomic E-state index is 5.07. The molecule has 0 spiro atoms. The molecule has 1 heterocycles. The van der Waals surface area contributed by atoms with Crippen molar-refractivity contribution in [2.45, 2.75) is 20.0 Å². The van der Waals surface area contributed by atoms with Gasteiger partial charge in [0.2, 0.25) is 0 Å². The molecule has 62 valence electrons. The first-order chi connectivity index (χ1) is 5.16. The molecular formula is C7H10BrNOS. The van der Waals surface area contributed by atoms with Crippen molar-refractivity contribution >= 4 is 27.3 Å². The summed E-state index contributed by atoms with van der Waals surface area (Å²) in [5, 5.41) is 2.08. The highest BCUT2D eigenvalue weighted by atomic mass is 79.9. The molecule has 0 aliphatic rings. The summed E-state index contributed by atoms with van der Waals surface area (Å²) < 4.78 is 1.11. The predicted molar refractivity (Wildman–Crippen MR) is 50.4 cm³/mol. The summed E-state index contributed by atoms with van der Waals surface area (Å²) in [6.45, 7) is 3.98. The average Bonchev–Trinajstić information content (AvgIpc) is 2.32. The van der Waals surface area contributed by atoms with E-state index in [2.05, 4.69) is 21.3 Å². The lowest BCUT2D eigenvalue weighted by Gasteiger charge is -2.05. The first kappa shape index (κ1) is 9.19. The summed E-state index contributed by atoms with van der Waals surface area (Å²) in [5.74, 6) is 5.07. The lowest BCUT2D eigenvalue weighted by atomic mass is 10.3. The number of halogens is 1. The van der Waals surface area contributed by atoms with Crippen molar-refractivity contribution in [3.63, 3.8) is 0 Å². The molecule has 1 rings (SSSR count). The first-order valence-corrected chi connectivity index (χ1v) is 4.93. The zero-order chi connectivity index (χ0) is 8.43. The van der Waals surface area contributed by atoms with Gasteiger partial charge in [-0.2, -0.15) is 0 Å². The lowest BCUT2D eigenvalue weighted by Crippen LogP contribution is -2.03. The Morgan fingerprint density at radius 3 is 2.73 bits per heavy atom. The Labute approximate surface area is 78.4 Å². The van der Waals surface area contributed by atoms with Crippen LogP contribution < -0.4 is 5.90 Å². The first-order valence-electron chi connectivity index (χ1n) is 3.25. The number of thiophene rings is 1. The normalized spacial score (nSPS) is 13.5. The van der Waals surface area contributed by atoms with Crippen molar-refractivity contribution in [3.8, 4) is 0 Å². The van der Waals surface area contributed by atoms with Crippen molar-refractivity contribution in [2.75, 3.05) is 0 Å². The predicted octanol–water partition coefficient (Wildman–Crippen LogP) is 2.77. The topological polar surface area (TPSA) is 35.2 Å². The monoisotopic (exact) mass is 235 g/mol. The molecule has 4 heteroatoms. The van der Waals surface area contributed by atoms with Gasteiger partial charge in [-0.3, -0.25) is 4.84 Å². The number of aryl methyl sites for hydroxylation is 1. The Hall–Kier alpha value is 0.100. The fraction of sp³-hybridized carbons (Fsp3) is 0.429. The number of hydrogen-bond donors (Lipinski definition) is 1. The summed E-state index contributed by atoms with van der Waals surface area (Å²) in [6.07, 6.45) is -0.0249. The van der Waals surface area contributed by atoms with E-state index >= 15 is 0 Å². The van der Waals surface area contributed by atoms with Crippen molar-refractivity contribution in [1.29, 1.82) is 0 Å². The highest BCUT2D eigenvalue weighted by molar-refractivity contribution is 9.10.